The normalized spacial score (nSPS) is 11.0. The van der Waals surface area contributed by atoms with Crippen LogP contribution in [0.3, 0.4) is 0 Å². The summed E-state index contributed by atoms with van der Waals surface area (Å²) in [5, 5.41) is 23.6. The molecule has 0 aliphatic heterocycles. The fraction of sp³-hybridized carbons (Fsp3) is 0.0909. The molecule has 3 rings (SSSR count). The van der Waals surface area contributed by atoms with Crippen LogP contribution in [0.25, 0.3) is 17.4 Å². The van der Waals surface area contributed by atoms with Crippen LogP contribution in [-0.2, 0) is 4.79 Å². The molecule has 10 heteroatoms. The zero-order valence-electron chi connectivity index (χ0n) is 16.8. The molecule has 3 aromatic rings. The molecule has 0 bridgehead atoms. The second-order valence-electron chi connectivity index (χ2n) is 6.57. The summed E-state index contributed by atoms with van der Waals surface area (Å²) in [6.07, 6.45) is 1.27. The van der Waals surface area contributed by atoms with E-state index in [1.807, 2.05) is 25.1 Å². The third-order valence-electron chi connectivity index (χ3n) is 4.37. The first kappa shape index (κ1) is 23.2. The number of hydrogen-bond donors (Lipinski definition) is 1. The van der Waals surface area contributed by atoms with Gasteiger partial charge in [-0.3, -0.25) is 14.9 Å². The number of rotatable bonds is 6. The van der Waals surface area contributed by atoms with E-state index in [4.69, 9.17) is 9.15 Å². The number of aryl methyl sites for hydroxylation is 1. The molecule has 0 fully saturated rings. The first-order chi connectivity index (χ1) is 15.2. The monoisotopic (exact) mass is 559 g/mol. The lowest BCUT2D eigenvalue weighted by molar-refractivity contribution is -0.384. The number of nitro benzene ring substituents is 1. The highest BCUT2D eigenvalue weighted by Crippen LogP contribution is 2.35. The van der Waals surface area contributed by atoms with Crippen LogP contribution in [0.15, 0.2) is 61.4 Å². The van der Waals surface area contributed by atoms with Gasteiger partial charge in [0, 0.05) is 15.0 Å². The molecule has 1 N–H and O–H groups in total. The molecule has 1 amide bonds. The van der Waals surface area contributed by atoms with Crippen LogP contribution < -0.4 is 10.1 Å². The second-order valence-corrected chi connectivity index (χ2v) is 8.28. The fourth-order valence-electron chi connectivity index (χ4n) is 2.86. The Morgan fingerprint density at radius 2 is 1.91 bits per heavy atom. The van der Waals surface area contributed by atoms with Gasteiger partial charge in [0.2, 0.25) is 0 Å². The summed E-state index contributed by atoms with van der Waals surface area (Å²) in [6, 6.07) is 12.9. The fourth-order valence-corrected chi connectivity index (χ4v) is 4.48. The molecule has 0 aliphatic rings. The molecule has 0 radical (unpaired) electrons. The lowest BCUT2D eigenvalue weighted by Crippen LogP contribution is -2.14. The Morgan fingerprint density at radius 3 is 2.50 bits per heavy atom. The van der Waals surface area contributed by atoms with Crippen molar-refractivity contribution in [2.24, 2.45) is 0 Å². The van der Waals surface area contributed by atoms with E-state index in [0.717, 1.165) is 5.56 Å². The molecule has 162 valence electrons. The zero-order chi connectivity index (χ0) is 23.4. The van der Waals surface area contributed by atoms with E-state index in [1.54, 1.807) is 6.07 Å². The number of nitro groups is 1. The first-order valence-electron chi connectivity index (χ1n) is 9.05. The van der Waals surface area contributed by atoms with Crippen LogP contribution in [0.2, 0.25) is 0 Å². The second kappa shape index (κ2) is 9.80. The highest BCUT2D eigenvalue weighted by Gasteiger charge is 2.20. The Labute approximate surface area is 199 Å². The number of nitrogens with zero attached hydrogens (tertiary/aromatic N) is 2. The van der Waals surface area contributed by atoms with E-state index in [-0.39, 0.29) is 28.3 Å². The van der Waals surface area contributed by atoms with Crippen molar-refractivity contribution in [1.29, 1.82) is 5.26 Å². The quantitative estimate of drug-likeness (QED) is 0.165. The van der Waals surface area contributed by atoms with Gasteiger partial charge in [0.15, 0.2) is 0 Å². The molecule has 8 nitrogen and oxygen atoms in total. The largest absolute Gasteiger partial charge is 0.497 e. The Morgan fingerprint density at radius 1 is 1.22 bits per heavy atom. The van der Waals surface area contributed by atoms with E-state index in [1.165, 1.54) is 37.5 Å². The third-order valence-corrected chi connectivity index (χ3v) is 5.62. The molecule has 1 heterocycles. The number of anilines is 1. The minimum absolute atomic E-state index is 0.193. The van der Waals surface area contributed by atoms with Crippen molar-refractivity contribution in [3.63, 3.8) is 0 Å². The van der Waals surface area contributed by atoms with Gasteiger partial charge in [-0.1, -0.05) is 0 Å². The van der Waals surface area contributed by atoms with Gasteiger partial charge in [-0.15, -0.1) is 0 Å². The third kappa shape index (κ3) is 5.07. The lowest BCUT2D eigenvalue weighted by Gasteiger charge is -2.10. The number of nitrogens with one attached hydrogen (secondary N) is 1. The molecule has 0 spiro atoms. The summed E-state index contributed by atoms with van der Waals surface area (Å²) in [7, 11) is 1.41. The van der Waals surface area contributed by atoms with Crippen molar-refractivity contribution in [1.82, 2.24) is 0 Å². The Hall–Kier alpha value is -3.42. The topological polar surface area (TPSA) is 118 Å². The maximum atomic E-state index is 12.6. The number of amides is 1. The van der Waals surface area contributed by atoms with Crippen molar-refractivity contribution in [3.8, 4) is 23.1 Å². The number of hydrogen-bond acceptors (Lipinski definition) is 6. The van der Waals surface area contributed by atoms with Crippen molar-refractivity contribution in [3.05, 3.63) is 78.4 Å². The molecule has 1 aromatic heterocycles. The maximum absolute atomic E-state index is 12.6. The molecule has 32 heavy (non-hydrogen) atoms. The first-order valence-corrected chi connectivity index (χ1v) is 10.6. The highest BCUT2D eigenvalue weighted by molar-refractivity contribution is 9.11. The van der Waals surface area contributed by atoms with Crippen LogP contribution in [0.1, 0.15) is 11.3 Å². The van der Waals surface area contributed by atoms with E-state index >= 15 is 0 Å². The van der Waals surface area contributed by atoms with Crippen LogP contribution >= 0.6 is 31.9 Å². The molecule has 0 unspecified atom stereocenters. The van der Waals surface area contributed by atoms with Crippen molar-refractivity contribution in [2.45, 2.75) is 6.92 Å². The number of methoxy groups -OCH3 is 1. The molecule has 0 saturated heterocycles. The van der Waals surface area contributed by atoms with E-state index in [0.29, 0.717) is 20.4 Å². The molecule has 0 aliphatic carbocycles. The predicted molar refractivity (Wildman–Crippen MR) is 126 cm³/mol. The summed E-state index contributed by atoms with van der Waals surface area (Å²) < 4.78 is 12.0. The van der Waals surface area contributed by atoms with Gasteiger partial charge in [-0.05, 0) is 80.7 Å². The standard InChI is InChI=1S/C22H15Br2N3O5/c1-12-7-17(23)21(18(24)8-12)26-22(28)13(11-25)9-15-4-6-20(32-15)16-5-3-14(31-2)10-19(16)27(29)30/h3-10H,1-2H3,(H,26,28)/b13-9+. The predicted octanol–water partition coefficient (Wildman–Crippen LogP) is 6.24. The van der Waals surface area contributed by atoms with Gasteiger partial charge in [0.1, 0.15) is 28.9 Å². The summed E-state index contributed by atoms with van der Waals surface area (Å²) in [5.74, 6) is 0.112. The Bertz CT molecular complexity index is 1270. The number of benzene rings is 2. The SMILES string of the molecule is COc1ccc(-c2ccc(/C=C(\C#N)C(=O)Nc3c(Br)cc(C)cc3Br)o2)c([N+](=O)[O-])c1. The summed E-state index contributed by atoms with van der Waals surface area (Å²) in [5.41, 5.74) is 1.31. The molecule has 0 atom stereocenters. The molecule has 0 saturated carbocycles. The van der Waals surface area contributed by atoms with Crippen molar-refractivity contribution < 1.29 is 18.9 Å². The summed E-state index contributed by atoms with van der Waals surface area (Å²) in [4.78, 5) is 23.5. The number of furan rings is 1. The summed E-state index contributed by atoms with van der Waals surface area (Å²) >= 11 is 6.79. The average Bonchev–Trinajstić information content (AvgIpc) is 3.22. The number of halogens is 2. The van der Waals surface area contributed by atoms with Crippen LogP contribution in [0, 0.1) is 28.4 Å². The minimum Gasteiger partial charge on any atom is -0.497 e. The lowest BCUT2D eigenvalue weighted by atomic mass is 10.1. The van der Waals surface area contributed by atoms with Crippen molar-refractivity contribution in [2.75, 3.05) is 12.4 Å². The zero-order valence-corrected chi connectivity index (χ0v) is 20.0. The van der Waals surface area contributed by atoms with Gasteiger partial charge in [0.05, 0.1) is 29.4 Å². The highest BCUT2D eigenvalue weighted by atomic mass is 79.9. The molecular formula is C22H15Br2N3O5. The number of carbonyl (C=O) groups excluding carboxylic acids is 1. The van der Waals surface area contributed by atoms with Gasteiger partial charge in [-0.25, -0.2) is 0 Å². The number of ether oxygens (including phenoxy) is 1. The Balaban J connectivity index is 1.90. The van der Waals surface area contributed by atoms with Gasteiger partial charge >= 0.3 is 0 Å². The van der Waals surface area contributed by atoms with E-state index in [9.17, 15) is 20.2 Å². The van der Waals surface area contributed by atoms with Crippen LogP contribution in [-0.4, -0.2) is 17.9 Å². The van der Waals surface area contributed by atoms with E-state index in [2.05, 4.69) is 37.2 Å². The van der Waals surface area contributed by atoms with Gasteiger partial charge in [-0.2, -0.15) is 5.26 Å². The minimum atomic E-state index is -0.633. The van der Waals surface area contributed by atoms with Gasteiger partial charge in [0.25, 0.3) is 11.6 Å². The summed E-state index contributed by atoms with van der Waals surface area (Å²) in [6.45, 7) is 1.91. The molecule has 2 aromatic carbocycles. The van der Waals surface area contributed by atoms with Crippen molar-refractivity contribution >= 4 is 55.2 Å². The number of carbonyl (C=O) groups is 1. The Kier molecular flexibility index (Phi) is 7.12. The van der Waals surface area contributed by atoms with Crippen LogP contribution in [0.4, 0.5) is 11.4 Å². The smallest absolute Gasteiger partial charge is 0.284 e. The van der Waals surface area contributed by atoms with Gasteiger partial charge < -0.3 is 14.5 Å². The average molecular weight is 561 g/mol. The maximum Gasteiger partial charge on any atom is 0.284 e. The number of nitriles is 1. The van der Waals surface area contributed by atoms with Crippen LogP contribution in [0.5, 0.6) is 5.75 Å². The molecular weight excluding hydrogens is 546 g/mol. The van der Waals surface area contributed by atoms with E-state index < -0.39 is 10.8 Å².